The molecular formula is C29H39N7O3. The Morgan fingerprint density at radius 1 is 1.08 bits per heavy atom. The molecule has 4 heterocycles. The minimum Gasteiger partial charge on any atom is -0.491 e. The van der Waals surface area contributed by atoms with Crippen molar-refractivity contribution in [2.45, 2.75) is 58.4 Å². The summed E-state index contributed by atoms with van der Waals surface area (Å²) in [4.78, 5) is 31.8. The molecule has 1 aliphatic heterocycles. The number of rotatable bonds is 15. The molecule has 3 aromatic heterocycles. The van der Waals surface area contributed by atoms with E-state index < -0.39 is 12.0 Å². The summed E-state index contributed by atoms with van der Waals surface area (Å²) in [5, 5.41) is 16.2. The van der Waals surface area contributed by atoms with Gasteiger partial charge in [0.2, 0.25) is 0 Å². The number of pyridine rings is 2. The lowest BCUT2D eigenvalue weighted by molar-refractivity contribution is -0.138. The molecule has 0 bridgehead atoms. The molecule has 0 aliphatic carbocycles. The Morgan fingerprint density at radius 3 is 2.77 bits per heavy atom. The van der Waals surface area contributed by atoms with Crippen LogP contribution in [0.4, 0.5) is 11.6 Å². The van der Waals surface area contributed by atoms with E-state index in [9.17, 15) is 9.90 Å². The number of aliphatic carboxylic acids is 1. The van der Waals surface area contributed by atoms with Gasteiger partial charge in [-0.05, 0) is 82.7 Å². The van der Waals surface area contributed by atoms with Crippen molar-refractivity contribution < 1.29 is 14.6 Å². The first-order chi connectivity index (χ1) is 19.0. The fourth-order valence-electron chi connectivity index (χ4n) is 4.60. The molecule has 4 rings (SSSR count). The van der Waals surface area contributed by atoms with Crippen LogP contribution in [0.1, 0.15) is 48.3 Å². The van der Waals surface area contributed by atoms with E-state index in [1.807, 2.05) is 26.0 Å². The molecule has 3 aromatic rings. The minimum atomic E-state index is -0.910. The number of unbranched alkanes of at least 4 members (excludes halogenated alkanes) is 1. The Bertz CT molecular complexity index is 1210. The van der Waals surface area contributed by atoms with Crippen LogP contribution in [0.5, 0.6) is 5.75 Å². The highest BCUT2D eigenvalue weighted by Gasteiger charge is 2.20. The van der Waals surface area contributed by atoms with Crippen LogP contribution in [0.3, 0.4) is 0 Å². The highest BCUT2D eigenvalue weighted by molar-refractivity contribution is 5.76. The topological polar surface area (TPSA) is 125 Å². The van der Waals surface area contributed by atoms with Gasteiger partial charge in [-0.15, -0.1) is 0 Å². The summed E-state index contributed by atoms with van der Waals surface area (Å²) in [7, 11) is 0. The predicted octanol–water partition coefficient (Wildman–Crippen LogP) is 3.90. The summed E-state index contributed by atoms with van der Waals surface area (Å²) in [6, 6.07) is 7.42. The van der Waals surface area contributed by atoms with Crippen molar-refractivity contribution in [3.05, 3.63) is 65.5 Å². The van der Waals surface area contributed by atoms with Crippen LogP contribution in [0.15, 0.2) is 42.9 Å². The molecule has 1 aliphatic rings. The van der Waals surface area contributed by atoms with E-state index in [0.717, 1.165) is 73.8 Å². The number of anilines is 2. The summed E-state index contributed by atoms with van der Waals surface area (Å²) in [5.41, 5.74) is 4.09. The van der Waals surface area contributed by atoms with Crippen molar-refractivity contribution >= 4 is 17.6 Å². The number of nitrogens with zero attached hydrogens (tertiary/aromatic N) is 5. The molecule has 0 saturated carbocycles. The average molecular weight is 534 g/mol. The van der Waals surface area contributed by atoms with Gasteiger partial charge in [0.15, 0.2) is 0 Å². The molecule has 0 unspecified atom stereocenters. The van der Waals surface area contributed by atoms with Crippen molar-refractivity contribution in [2.75, 3.05) is 43.4 Å². The quantitative estimate of drug-likeness (QED) is 0.248. The maximum atomic E-state index is 12.0. The second-order valence-corrected chi connectivity index (χ2v) is 9.99. The number of carboxylic acid groups (broad SMARTS) is 1. The van der Waals surface area contributed by atoms with E-state index in [1.54, 1.807) is 18.6 Å². The zero-order valence-electron chi connectivity index (χ0n) is 22.9. The van der Waals surface area contributed by atoms with Gasteiger partial charge in [-0.2, -0.15) is 0 Å². The van der Waals surface area contributed by atoms with Gasteiger partial charge in [0.25, 0.3) is 0 Å². The third kappa shape index (κ3) is 9.17. The molecule has 208 valence electrons. The van der Waals surface area contributed by atoms with Gasteiger partial charge in [-0.25, -0.2) is 14.8 Å². The lowest BCUT2D eigenvalue weighted by Gasteiger charge is -2.24. The Kier molecular flexibility index (Phi) is 10.4. The minimum absolute atomic E-state index is 0.426. The standard InChI is InChI=1S/C29H39N7O3/c1-21-8-11-25(19-32-21)39-17-16-36(15-12-26(29(37)38)35-27-20-30-18-22(2)33-27)14-4-3-7-24-10-9-23-6-5-13-31-28(23)34-24/h8-11,18-20,26H,3-7,12-17H2,1-2H3,(H,31,34)(H,33,35)(H,37,38)/t26-/m0/s1. The summed E-state index contributed by atoms with van der Waals surface area (Å²) in [6.45, 7) is 7.39. The van der Waals surface area contributed by atoms with E-state index in [1.165, 1.54) is 5.56 Å². The van der Waals surface area contributed by atoms with Crippen LogP contribution in [0.2, 0.25) is 0 Å². The first kappa shape index (κ1) is 28.2. The maximum Gasteiger partial charge on any atom is 0.326 e. The van der Waals surface area contributed by atoms with Crippen LogP contribution in [-0.4, -0.2) is 74.7 Å². The molecule has 39 heavy (non-hydrogen) atoms. The molecule has 0 spiro atoms. The Balaban J connectivity index is 1.30. The number of ether oxygens (including phenoxy) is 1. The SMILES string of the molecule is Cc1ccc(OCCN(CCCCc2ccc3c(n2)NCCC3)CC[C@H](Nc2cncc(C)n2)C(=O)O)cn1. The zero-order chi connectivity index (χ0) is 27.5. The summed E-state index contributed by atoms with van der Waals surface area (Å²) in [5.74, 6) is 1.33. The normalized spacial score (nSPS) is 13.4. The molecule has 0 amide bonds. The van der Waals surface area contributed by atoms with Crippen molar-refractivity contribution in [1.29, 1.82) is 0 Å². The van der Waals surface area contributed by atoms with Crippen molar-refractivity contribution in [3.8, 4) is 5.75 Å². The molecule has 0 fully saturated rings. The second kappa shape index (κ2) is 14.4. The van der Waals surface area contributed by atoms with E-state index in [-0.39, 0.29) is 0 Å². The number of hydrogen-bond acceptors (Lipinski definition) is 9. The Labute approximate surface area is 230 Å². The van der Waals surface area contributed by atoms with Gasteiger partial charge in [-0.1, -0.05) is 6.07 Å². The first-order valence-electron chi connectivity index (χ1n) is 13.7. The van der Waals surface area contributed by atoms with Crippen molar-refractivity contribution in [3.63, 3.8) is 0 Å². The number of hydrogen-bond donors (Lipinski definition) is 3. The number of nitrogens with one attached hydrogen (secondary N) is 2. The number of carboxylic acids is 1. The molecule has 0 saturated heterocycles. The molecular weight excluding hydrogens is 494 g/mol. The molecule has 10 heteroatoms. The van der Waals surface area contributed by atoms with E-state index in [0.29, 0.717) is 31.9 Å². The third-order valence-electron chi connectivity index (χ3n) is 6.78. The monoisotopic (exact) mass is 533 g/mol. The number of carbonyl (C=O) groups is 1. The van der Waals surface area contributed by atoms with Crippen LogP contribution >= 0.6 is 0 Å². The lowest BCUT2D eigenvalue weighted by Crippen LogP contribution is -2.37. The zero-order valence-corrected chi connectivity index (χ0v) is 22.9. The fourth-order valence-corrected chi connectivity index (χ4v) is 4.60. The van der Waals surface area contributed by atoms with Crippen LogP contribution in [0, 0.1) is 13.8 Å². The van der Waals surface area contributed by atoms with Gasteiger partial charge in [-0.3, -0.25) is 14.9 Å². The smallest absolute Gasteiger partial charge is 0.326 e. The van der Waals surface area contributed by atoms with Crippen molar-refractivity contribution in [1.82, 2.24) is 24.8 Å². The van der Waals surface area contributed by atoms with E-state index in [2.05, 4.69) is 42.6 Å². The van der Waals surface area contributed by atoms with Gasteiger partial charge < -0.3 is 20.5 Å². The predicted molar refractivity (Wildman–Crippen MR) is 151 cm³/mol. The fraction of sp³-hybridized carbons (Fsp3) is 0.483. The lowest BCUT2D eigenvalue weighted by atomic mass is 10.1. The number of aromatic nitrogens is 4. The third-order valence-corrected chi connectivity index (χ3v) is 6.78. The first-order valence-corrected chi connectivity index (χ1v) is 13.7. The van der Waals surface area contributed by atoms with Crippen molar-refractivity contribution in [2.24, 2.45) is 0 Å². The summed E-state index contributed by atoms with van der Waals surface area (Å²) in [6.07, 6.45) is 10.5. The largest absolute Gasteiger partial charge is 0.491 e. The van der Waals surface area contributed by atoms with Gasteiger partial charge in [0.05, 0.1) is 18.1 Å². The molecule has 1 atom stereocenters. The van der Waals surface area contributed by atoms with E-state index >= 15 is 0 Å². The molecule has 10 nitrogen and oxygen atoms in total. The Morgan fingerprint density at radius 2 is 1.97 bits per heavy atom. The summed E-state index contributed by atoms with van der Waals surface area (Å²) < 4.78 is 5.91. The second-order valence-electron chi connectivity index (χ2n) is 9.99. The van der Waals surface area contributed by atoms with Crippen LogP contribution in [-0.2, 0) is 17.6 Å². The van der Waals surface area contributed by atoms with Gasteiger partial charge >= 0.3 is 5.97 Å². The molecule has 0 aromatic carbocycles. The van der Waals surface area contributed by atoms with Gasteiger partial charge in [0, 0.05) is 37.2 Å². The number of aryl methyl sites for hydroxylation is 4. The molecule has 0 radical (unpaired) electrons. The highest BCUT2D eigenvalue weighted by atomic mass is 16.5. The van der Waals surface area contributed by atoms with Crippen LogP contribution < -0.4 is 15.4 Å². The highest BCUT2D eigenvalue weighted by Crippen LogP contribution is 2.20. The maximum absolute atomic E-state index is 12.0. The average Bonchev–Trinajstić information content (AvgIpc) is 2.93. The van der Waals surface area contributed by atoms with Crippen LogP contribution in [0.25, 0.3) is 0 Å². The number of fused-ring (bicyclic) bond motifs is 1. The van der Waals surface area contributed by atoms with E-state index in [4.69, 9.17) is 9.72 Å². The molecule has 3 N–H and O–H groups in total. The van der Waals surface area contributed by atoms with Gasteiger partial charge in [0.1, 0.15) is 30.0 Å². The Hall–Kier alpha value is -3.79. The summed E-state index contributed by atoms with van der Waals surface area (Å²) >= 11 is 0.